The Morgan fingerprint density at radius 2 is 0.933 bits per heavy atom. The third kappa shape index (κ3) is 3.76. The van der Waals surface area contributed by atoms with Gasteiger partial charge in [-0.05, 0) is 81.9 Å². The summed E-state index contributed by atoms with van der Waals surface area (Å²) in [6.45, 7) is 0. The molecule has 2 nitrogen and oxygen atoms in total. The Kier molecular flexibility index (Phi) is 5.76. The van der Waals surface area contributed by atoms with E-state index in [0.717, 1.165) is 39.0 Å². The summed E-state index contributed by atoms with van der Waals surface area (Å²) >= 11 is 0. The highest BCUT2D eigenvalue weighted by Crippen LogP contribution is 2.58. The van der Waals surface area contributed by atoms with Crippen LogP contribution in [-0.4, -0.2) is 0 Å². The van der Waals surface area contributed by atoms with Crippen LogP contribution in [0.4, 0.5) is 17.1 Å². The second kappa shape index (κ2) is 10.1. The van der Waals surface area contributed by atoms with Crippen LogP contribution in [-0.2, 0) is 5.41 Å². The van der Waals surface area contributed by atoms with E-state index in [-0.39, 0.29) is 0 Å². The molecular formula is C43H29NO. The molecule has 45 heavy (non-hydrogen) atoms. The fourth-order valence-electron chi connectivity index (χ4n) is 7.55. The number of hydrogen-bond donors (Lipinski definition) is 0. The van der Waals surface area contributed by atoms with E-state index in [2.05, 4.69) is 181 Å². The lowest BCUT2D eigenvalue weighted by Gasteiger charge is -2.34. The Hall–Kier alpha value is -5.86. The highest BCUT2D eigenvalue weighted by Gasteiger charge is 2.47. The van der Waals surface area contributed by atoms with E-state index in [4.69, 9.17) is 4.42 Å². The summed E-state index contributed by atoms with van der Waals surface area (Å²) < 4.78 is 6.64. The van der Waals surface area contributed by atoms with Gasteiger partial charge in [-0.1, -0.05) is 127 Å². The van der Waals surface area contributed by atoms with Crippen LogP contribution in [0.2, 0.25) is 0 Å². The molecule has 0 amide bonds. The van der Waals surface area contributed by atoms with Gasteiger partial charge >= 0.3 is 0 Å². The lowest BCUT2D eigenvalue weighted by Crippen LogP contribution is -2.28. The highest BCUT2D eigenvalue weighted by molar-refractivity contribution is 6.10. The van der Waals surface area contributed by atoms with Crippen molar-refractivity contribution in [3.8, 4) is 11.1 Å². The summed E-state index contributed by atoms with van der Waals surface area (Å²) in [5.41, 5.74) is 12.2. The molecule has 8 aromatic rings. The Labute approximate surface area is 262 Å². The molecule has 1 heterocycles. The Bertz CT molecular complexity index is 2240. The lowest BCUT2D eigenvalue weighted by molar-refractivity contribution is 0.667. The van der Waals surface area contributed by atoms with Crippen LogP contribution < -0.4 is 4.90 Å². The van der Waals surface area contributed by atoms with E-state index in [1.807, 2.05) is 0 Å². The third-order valence-corrected chi connectivity index (χ3v) is 9.33. The molecule has 1 aromatic heterocycles. The van der Waals surface area contributed by atoms with Gasteiger partial charge in [-0.3, -0.25) is 0 Å². The van der Waals surface area contributed by atoms with Gasteiger partial charge in [0.1, 0.15) is 11.2 Å². The first-order valence-electron chi connectivity index (χ1n) is 15.4. The van der Waals surface area contributed by atoms with Crippen LogP contribution in [0.5, 0.6) is 0 Å². The molecule has 0 unspecified atom stereocenters. The molecule has 0 atom stereocenters. The Morgan fingerprint density at radius 3 is 1.56 bits per heavy atom. The van der Waals surface area contributed by atoms with Crippen LogP contribution >= 0.6 is 0 Å². The van der Waals surface area contributed by atoms with Gasteiger partial charge in [-0.2, -0.15) is 0 Å². The van der Waals surface area contributed by atoms with Crippen molar-refractivity contribution < 1.29 is 4.42 Å². The molecule has 9 rings (SSSR count). The number of para-hydroxylation sites is 2. The van der Waals surface area contributed by atoms with Crippen LogP contribution in [0, 0.1) is 0 Å². The van der Waals surface area contributed by atoms with E-state index in [1.165, 1.54) is 33.4 Å². The Balaban J connectivity index is 1.38. The minimum Gasteiger partial charge on any atom is -0.456 e. The van der Waals surface area contributed by atoms with Crippen LogP contribution in [0.1, 0.15) is 22.3 Å². The molecule has 0 saturated heterocycles. The van der Waals surface area contributed by atoms with Crippen LogP contribution in [0.3, 0.4) is 0 Å². The van der Waals surface area contributed by atoms with Gasteiger partial charge < -0.3 is 9.32 Å². The third-order valence-electron chi connectivity index (χ3n) is 9.33. The van der Waals surface area contributed by atoms with Gasteiger partial charge in [-0.15, -0.1) is 0 Å². The SMILES string of the molecule is c1ccc(N(c2ccccc2)c2ccc3oc4cccc(C5(c6ccccc6)c6ccccc6-c6ccccc65)c4c3c2)cc1. The zero-order valence-electron chi connectivity index (χ0n) is 24.6. The van der Waals surface area contributed by atoms with Crippen molar-refractivity contribution in [3.05, 3.63) is 198 Å². The average Bonchev–Trinajstić information content (AvgIpc) is 3.64. The first-order valence-corrected chi connectivity index (χ1v) is 15.4. The number of furan rings is 1. The summed E-state index contributed by atoms with van der Waals surface area (Å²) in [6.07, 6.45) is 0. The van der Waals surface area contributed by atoms with E-state index in [0.29, 0.717) is 0 Å². The zero-order valence-corrected chi connectivity index (χ0v) is 24.6. The van der Waals surface area contributed by atoms with E-state index < -0.39 is 5.41 Å². The number of benzene rings is 7. The van der Waals surface area contributed by atoms with Gasteiger partial charge in [-0.25, -0.2) is 0 Å². The maximum atomic E-state index is 6.64. The molecule has 0 radical (unpaired) electrons. The minimum atomic E-state index is -0.515. The molecule has 1 aliphatic rings. The summed E-state index contributed by atoms with van der Waals surface area (Å²) in [5.74, 6) is 0. The number of hydrogen-bond acceptors (Lipinski definition) is 2. The van der Waals surface area contributed by atoms with Crippen molar-refractivity contribution in [2.75, 3.05) is 4.90 Å². The second-order valence-electron chi connectivity index (χ2n) is 11.7. The smallest absolute Gasteiger partial charge is 0.135 e. The van der Waals surface area contributed by atoms with Crippen molar-refractivity contribution in [2.45, 2.75) is 5.41 Å². The zero-order chi connectivity index (χ0) is 29.8. The predicted molar refractivity (Wildman–Crippen MR) is 186 cm³/mol. The van der Waals surface area contributed by atoms with E-state index in [9.17, 15) is 0 Å². The normalized spacial score (nSPS) is 13.1. The number of fused-ring (bicyclic) bond motifs is 6. The van der Waals surface area contributed by atoms with Gasteiger partial charge in [0.15, 0.2) is 0 Å². The van der Waals surface area contributed by atoms with E-state index in [1.54, 1.807) is 0 Å². The molecule has 212 valence electrons. The van der Waals surface area contributed by atoms with Crippen molar-refractivity contribution in [3.63, 3.8) is 0 Å². The second-order valence-corrected chi connectivity index (χ2v) is 11.7. The summed E-state index contributed by atoms with van der Waals surface area (Å²) in [7, 11) is 0. The van der Waals surface area contributed by atoms with Crippen molar-refractivity contribution in [2.24, 2.45) is 0 Å². The topological polar surface area (TPSA) is 16.4 Å². The molecule has 2 heteroatoms. The van der Waals surface area contributed by atoms with Gasteiger partial charge in [0.05, 0.1) is 5.41 Å². The van der Waals surface area contributed by atoms with Crippen LogP contribution in [0.25, 0.3) is 33.1 Å². The van der Waals surface area contributed by atoms with Gasteiger partial charge in [0.2, 0.25) is 0 Å². The minimum absolute atomic E-state index is 0.515. The molecule has 0 aliphatic heterocycles. The molecule has 0 bridgehead atoms. The summed E-state index contributed by atoms with van der Waals surface area (Å²) in [4.78, 5) is 2.31. The molecule has 0 spiro atoms. The first kappa shape index (κ1) is 25.6. The molecule has 7 aromatic carbocycles. The largest absolute Gasteiger partial charge is 0.456 e. The fraction of sp³-hybridized carbons (Fsp3) is 0.0233. The molecular weight excluding hydrogens is 546 g/mol. The predicted octanol–water partition coefficient (Wildman–Crippen LogP) is 11.4. The van der Waals surface area contributed by atoms with Gasteiger partial charge in [0, 0.05) is 27.8 Å². The molecule has 0 saturated carbocycles. The van der Waals surface area contributed by atoms with Gasteiger partial charge in [0.25, 0.3) is 0 Å². The van der Waals surface area contributed by atoms with Crippen molar-refractivity contribution in [1.29, 1.82) is 0 Å². The average molecular weight is 576 g/mol. The maximum absolute atomic E-state index is 6.64. The monoisotopic (exact) mass is 575 g/mol. The lowest BCUT2D eigenvalue weighted by atomic mass is 9.66. The number of anilines is 3. The van der Waals surface area contributed by atoms with E-state index >= 15 is 0 Å². The Morgan fingerprint density at radius 1 is 0.400 bits per heavy atom. The molecule has 0 fully saturated rings. The molecule has 0 N–H and O–H groups in total. The van der Waals surface area contributed by atoms with Crippen molar-refractivity contribution >= 4 is 39.0 Å². The van der Waals surface area contributed by atoms with Crippen LogP contribution in [0.15, 0.2) is 180 Å². The number of rotatable bonds is 5. The standard InChI is InChI=1S/C43H29NO/c1-4-15-30(16-5-1)43(37-23-12-10-21-34(37)35-22-11-13-24-38(35)43)39-25-14-26-41-42(39)36-29-33(27-28-40(36)45-41)44(31-17-6-2-7-18-31)32-19-8-3-9-20-32/h1-29H. The summed E-state index contributed by atoms with van der Waals surface area (Å²) in [5, 5.41) is 2.25. The highest BCUT2D eigenvalue weighted by atomic mass is 16.3. The fourth-order valence-corrected chi connectivity index (χ4v) is 7.55. The maximum Gasteiger partial charge on any atom is 0.135 e. The quantitative estimate of drug-likeness (QED) is 0.203. The number of nitrogens with zero attached hydrogens (tertiary/aromatic N) is 1. The van der Waals surface area contributed by atoms with Crippen molar-refractivity contribution in [1.82, 2.24) is 0 Å². The first-order chi connectivity index (χ1) is 22.3. The summed E-state index contributed by atoms with van der Waals surface area (Å²) in [6, 6.07) is 63.0. The molecule has 1 aliphatic carbocycles.